The molecule has 1 aliphatic heterocycles. The number of fused-ring (bicyclic) bond motifs is 1. The Morgan fingerprint density at radius 2 is 2.08 bits per heavy atom. The van der Waals surface area contributed by atoms with E-state index in [1.165, 1.54) is 11.9 Å². The van der Waals surface area contributed by atoms with Crippen LogP contribution in [0.1, 0.15) is 5.56 Å². The first-order valence-electron chi connectivity index (χ1n) is 6.78. The molecule has 1 N–H and O–H groups in total. The molecule has 2 aromatic heterocycles. The minimum atomic E-state index is -4.53. The molecule has 3 heterocycles. The summed E-state index contributed by atoms with van der Waals surface area (Å²) in [4.78, 5) is 25.5. The van der Waals surface area contributed by atoms with Crippen LogP contribution in [-0.4, -0.2) is 57.2 Å². The zero-order valence-electron chi connectivity index (χ0n) is 12.2. The Morgan fingerprint density at radius 3 is 2.67 bits per heavy atom. The van der Waals surface area contributed by atoms with Gasteiger partial charge in [0.15, 0.2) is 16.6 Å². The summed E-state index contributed by atoms with van der Waals surface area (Å²) in [5.41, 5.74) is -0.948. The van der Waals surface area contributed by atoms with Gasteiger partial charge in [0.1, 0.15) is 5.52 Å². The summed E-state index contributed by atoms with van der Waals surface area (Å²) >= 11 is 6.01. The maximum Gasteiger partial charge on any atom is 0.417 e. The van der Waals surface area contributed by atoms with Gasteiger partial charge in [-0.1, -0.05) is 11.6 Å². The van der Waals surface area contributed by atoms with Gasteiger partial charge in [-0.05, 0) is 6.07 Å². The summed E-state index contributed by atoms with van der Waals surface area (Å²) < 4.78 is 38.1. The van der Waals surface area contributed by atoms with Crippen molar-refractivity contribution in [1.82, 2.24) is 19.9 Å². The number of likely N-dealkylation sites (N-methyl/N-ethyl adjacent to an activating group) is 1. The van der Waals surface area contributed by atoms with Crippen LogP contribution in [0, 0.1) is 0 Å². The van der Waals surface area contributed by atoms with Gasteiger partial charge in [0.2, 0.25) is 0 Å². The van der Waals surface area contributed by atoms with E-state index in [9.17, 15) is 18.0 Å². The number of aromatic nitrogens is 3. The minimum absolute atomic E-state index is 0.0393. The van der Waals surface area contributed by atoms with Crippen molar-refractivity contribution in [3.63, 3.8) is 0 Å². The molecular formula is C13H11ClF3N5O2. The van der Waals surface area contributed by atoms with Crippen molar-refractivity contribution in [2.45, 2.75) is 12.2 Å². The summed E-state index contributed by atoms with van der Waals surface area (Å²) in [6, 6.07) is 0.624. The molecule has 7 nitrogen and oxygen atoms in total. The van der Waals surface area contributed by atoms with E-state index in [0.29, 0.717) is 19.3 Å². The molecule has 0 saturated carbocycles. The van der Waals surface area contributed by atoms with Crippen LogP contribution >= 0.6 is 11.6 Å². The lowest BCUT2D eigenvalue weighted by atomic mass is 10.1. The number of anilines is 1. The van der Waals surface area contributed by atoms with Crippen LogP contribution in [0.2, 0.25) is 5.15 Å². The van der Waals surface area contributed by atoms with Crippen molar-refractivity contribution in [2.24, 2.45) is 0 Å². The molecule has 0 unspecified atom stereocenters. The van der Waals surface area contributed by atoms with E-state index in [-0.39, 0.29) is 28.2 Å². The van der Waals surface area contributed by atoms with E-state index in [4.69, 9.17) is 16.7 Å². The predicted molar refractivity (Wildman–Crippen MR) is 79.1 cm³/mol. The van der Waals surface area contributed by atoms with Crippen LogP contribution < -0.4 is 4.90 Å². The van der Waals surface area contributed by atoms with Gasteiger partial charge >= 0.3 is 12.3 Å². The predicted octanol–water partition coefficient (Wildman–Crippen LogP) is 2.50. The third-order valence-corrected chi connectivity index (χ3v) is 4.05. The van der Waals surface area contributed by atoms with Crippen LogP contribution in [-0.2, 0) is 6.18 Å². The average Bonchev–Trinajstić information content (AvgIpc) is 2.44. The highest BCUT2D eigenvalue weighted by atomic mass is 35.5. The van der Waals surface area contributed by atoms with Gasteiger partial charge in [0.05, 0.1) is 11.6 Å². The topological polar surface area (TPSA) is 82.5 Å². The molecule has 11 heteroatoms. The highest BCUT2D eigenvalue weighted by Crippen LogP contribution is 2.32. The van der Waals surface area contributed by atoms with E-state index in [1.807, 2.05) is 0 Å². The fourth-order valence-corrected chi connectivity index (χ4v) is 2.55. The second kappa shape index (κ2) is 5.62. The molecule has 24 heavy (non-hydrogen) atoms. The molecule has 0 aliphatic carbocycles. The molecule has 0 spiro atoms. The first-order valence-corrected chi connectivity index (χ1v) is 7.16. The van der Waals surface area contributed by atoms with Crippen molar-refractivity contribution in [3.05, 3.63) is 23.0 Å². The van der Waals surface area contributed by atoms with Crippen LogP contribution in [0.3, 0.4) is 0 Å². The molecule has 1 amide bonds. The van der Waals surface area contributed by atoms with Crippen LogP contribution in [0.4, 0.5) is 23.8 Å². The highest BCUT2D eigenvalue weighted by Gasteiger charge is 2.35. The highest BCUT2D eigenvalue weighted by molar-refractivity contribution is 6.32. The monoisotopic (exact) mass is 361 g/mol. The molecule has 1 fully saturated rings. The lowest BCUT2D eigenvalue weighted by molar-refractivity contribution is -0.137. The number of carbonyl (C=O) groups is 1. The molecule has 128 valence electrons. The van der Waals surface area contributed by atoms with Crippen molar-refractivity contribution in [3.8, 4) is 0 Å². The Bertz CT molecular complexity index is 810. The maximum atomic E-state index is 12.7. The van der Waals surface area contributed by atoms with Gasteiger partial charge in [-0.2, -0.15) is 13.2 Å². The number of amides is 1. The van der Waals surface area contributed by atoms with Crippen molar-refractivity contribution >= 4 is 34.7 Å². The summed E-state index contributed by atoms with van der Waals surface area (Å²) in [6.45, 7) is 0.729. The molecule has 0 aromatic carbocycles. The Hall–Kier alpha value is -2.36. The molecule has 1 saturated heterocycles. The SMILES string of the molecule is CN(C(=O)O)C1CN(c2nc3ncc(C(F)(F)F)cc3nc2Cl)C1. The van der Waals surface area contributed by atoms with E-state index in [1.54, 1.807) is 4.90 Å². The van der Waals surface area contributed by atoms with E-state index >= 15 is 0 Å². The zero-order valence-corrected chi connectivity index (χ0v) is 13.0. The number of halogens is 4. The standard InChI is InChI=1S/C13H11ClF3N5O2/c1-21(12(23)24)7-4-22(5-7)11-9(14)19-8-2-6(13(15,16)17)3-18-10(8)20-11/h2-3,7H,4-5H2,1H3,(H,23,24). The summed E-state index contributed by atoms with van der Waals surface area (Å²) in [5, 5.41) is 8.86. The van der Waals surface area contributed by atoms with Crippen LogP contribution in [0.25, 0.3) is 11.2 Å². The second-order valence-electron chi connectivity index (χ2n) is 5.35. The minimum Gasteiger partial charge on any atom is -0.465 e. The smallest absolute Gasteiger partial charge is 0.417 e. The number of rotatable bonds is 2. The number of pyridine rings is 1. The summed E-state index contributed by atoms with van der Waals surface area (Å²) in [6.07, 6.45) is -4.89. The first-order chi connectivity index (χ1) is 11.2. The zero-order chi connectivity index (χ0) is 17.6. The van der Waals surface area contributed by atoms with E-state index < -0.39 is 17.8 Å². The van der Waals surface area contributed by atoms with Crippen molar-refractivity contribution in [1.29, 1.82) is 0 Å². The van der Waals surface area contributed by atoms with Crippen molar-refractivity contribution in [2.75, 3.05) is 25.0 Å². The van der Waals surface area contributed by atoms with E-state index in [0.717, 1.165) is 6.07 Å². The van der Waals surface area contributed by atoms with Gasteiger partial charge in [0.25, 0.3) is 0 Å². The second-order valence-corrected chi connectivity index (χ2v) is 5.71. The van der Waals surface area contributed by atoms with Gasteiger partial charge in [-0.25, -0.2) is 19.7 Å². The van der Waals surface area contributed by atoms with Gasteiger partial charge < -0.3 is 14.9 Å². The molecule has 3 rings (SSSR count). The Kier molecular flexibility index (Phi) is 3.86. The molecule has 1 aliphatic rings. The average molecular weight is 362 g/mol. The maximum absolute atomic E-state index is 12.7. The molecule has 0 bridgehead atoms. The van der Waals surface area contributed by atoms with Crippen LogP contribution in [0.5, 0.6) is 0 Å². The fourth-order valence-electron chi connectivity index (χ4n) is 2.30. The number of hydrogen-bond acceptors (Lipinski definition) is 5. The normalized spacial score (nSPS) is 15.5. The van der Waals surface area contributed by atoms with E-state index in [2.05, 4.69) is 15.0 Å². The molecule has 2 aromatic rings. The third-order valence-electron chi connectivity index (χ3n) is 3.80. The fraction of sp³-hybridized carbons (Fsp3) is 0.385. The summed E-state index contributed by atoms with van der Waals surface area (Å²) in [5.74, 6) is 0.270. The quantitative estimate of drug-likeness (QED) is 0.885. The number of carboxylic acid groups (broad SMARTS) is 1. The number of hydrogen-bond donors (Lipinski definition) is 1. The third kappa shape index (κ3) is 2.88. The molecule has 0 atom stereocenters. The Morgan fingerprint density at radius 1 is 1.42 bits per heavy atom. The Labute approximate surface area is 138 Å². The van der Waals surface area contributed by atoms with Crippen LogP contribution in [0.15, 0.2) is 12.3 Å². The number of alkyl halides is 3. The lowest BCUT2D eigenvalue weighted by Gasteiger charge is -2.43. The van der Waals surface area contributed by atoms with Gasteiger partial charge in [-0.3, -0.25) is 0 Å². The van der Waals surface area contributed by atoms with Gasteiger partial charge in [0, 0.05) is 26.3 Å². The lowest BCUT2D eigenvalue weighted by Crippen LogP contribution is -2.60. The Balaban J connectivity index is 1.86. The van der Waals surface area contributed by atoms with Crippen molar-refractivity contribution < 1.29 is 23.1 Å². The first kappa shape index (κ1) is 16.5. The summed E-state index contributed by atoms with van der Waals surface area (Å²) in [7, 11) is 1.46. The molecular weight excluding hydrogens is 351 g/mol. The number of nitrogens with zero attached hydrogens (tertiary/aromatic N) is 5. The van der Waals surface area contributed by atoms with Gasteiger partial charge in [-0.15, -0.1) is 0 Å². The largest absolute Gasteiger partial charge is 0.465 e. The molecule has 0 radical (unpaired) electrons.